The van der Waals surface area contributed by atoms with Crippen LogP contribution in [0, 0.1) is 5.92 Å². The molecule has 1 aliphatic heterocycles. The Morgan fingerprint density at radius 3 is 2.90 bits per heavy atom. The quantitative estimate of drug-likeness (QED) is 0.756. The van der Waals surface area contributed by atoms with Crippen molar-refractivity contribution in [2.75, 3.05) is 19.8 Å². The lowest BCUT2D eigenvalue weighted by Gasteiger charge is -2.19. The molecule has 0 radical (unpaired) electrons. The first-order chi connectivity index (χ1) is 10.3. The summed E-state index contributed by atoms with van der Waals surface area (Å²) >= 11 is 0. The van der Waals surface area contributed by atoms with E-state index in [9.17, 15) is 4.79 Å². The van der Waals surface area contributed by atoms with E-state index in [-0.39, 0.29) is 12.1 Å². The minimum atomic E-state index is -0.0821. The number of nitrogens with zero attached hydrogens (tertiary/aromatic N) is 1. The largest absolute Gasteiger partial charge is 0.379 e. The Morgan fingerprint density at radius 1 is 1.33 bits per heavy atom. The summed E-state index contributed by atoms with van der Waals surface area (Å²) in [7, 11) is 0. The van der Waals surface area contributed by atoms with E-state index in [4.69, 9.17) is 4.74 Å². The molecule has 0 unspecified atom stereocenters. The highest BCUT2D eigenvalue weighted by molar-refractivity contribution is 5.74. The molecule has 21 heavy (non-hydrogen) atoms. The zero-order valence-corrected chi connectivity index (χ0v) is 12.7. The number of carbonyl (C=O) groups is 1. The van der Waals surface area contributed by atoms with Gasteiger partial charge in [0.15, 0.2) is 0 Å². The highest BCUT2D eigenvalue weighted by atomic mass is 16.5. The van der Waals surface area contributed by atoms with E-state index < -0.39 is 0 Å². The number of carbonyl (C=O) groups excluding carboxylic acids is 1. The maximum Gasteiger partial charge on any atom is 0.315 e. The minimum Gasteiger partial charge on any atom is -0.379 e. The first-order valence-electron chi connectivity index (χ1n) is 7.80. The number of hydrogen-bond acceptors (Lipinski definition) is 3. The molecule has 0 aromatic carbocycles. The van der Waals surface area contributed by atoms with Crippen LogP contribution in [0.5, 0.6) is 0 Å². The summed E-state index contributed by atoms with van der Waals surface area (Å²) in [4.78, 5) is 15.9. The van der Waals surface area contributed by atoms with E-state index in [1.54, 1.807) is 12.4 Å². The Kier molecular flexibility index (Phi) is 6.47. The Labute approximate surface area is 126 Å². The number of pyridine rings is 1. The summed E-state index contributed by atoms with van der Waals surface area (Å²) in [5.41, 5.74) is 1.23. The molecular weight excluding hydrogens is 266 g/mol. The van der Waals surface area contributed by atoms with Crippen LogP contribution >= 0.6 is 0 Å². The Bertz CT molecular complexity index is 425. The molecule has 1 saturated heterocycles. The summed E-state index contributed by atoms with van der Waals surface area (Å²) in [6, 6.07) is 4.03. The predicted octanol–water partition coefficient (Wildman–Crippen LogP) is 2.13. The second-order valence-electron chi connectivity index (χ2n) is 5.57. The highest BCUT2D eigenvalue weighted by Crippen LogP contribution is 2.18. The van der Waals surface area contributed by atoms with Gasteiger partial charge in [-0.2, -0.15) is 0 Å². The van der Waals surface area contributed by atoms with Crippen molar-refractivity contribution in [2.45, 2.75) is 38.6 Å². The van der Waals surface area contributed by atoms with Crippen molar-refractivity contribution in [3.63, 3.8) is 0 Å². The number of ether oxygens (including phenoxy) is 1. The molecule has 1 aromatic heterocycles. The number of nitrogens with one attached hydrogen (secondary N) is 2. The SMILES string of the molecule is CCCCCNC(=O)N[C@H]1COC[C@H]1Cc1ccncc1. The van der Waals surface area contributed by atoms with Gasteiger partial charge in [0.2, 0.25) is 0 Å². The Hall–Kier alpha value is -1.62. The van der Waals surface area contributed by atoms with Crippen LogP contribution in [0.1, 0.15) is 31.7 Å². The van der Waals surface area contributed by atoms with Crippen LogP contribution in [0.25, 0.3) is 0 Å². The average Bonchev–Trinajstić information content (AvgIpc) is 2.92. The van der Waals surface area contributed by atoms with Crippen LogP contribution in [0.2, 0.25) is 0 Å². The molecule has 2 heterocycles. The van der Waals surface area contributed by atoms with E-state index >= 15 is 0 Å². The van der Waals surface area contributed by atoms with Crippen molar-refractivity contribution in [3.05, 3.63) is 30.1 Å². The first kappa shape index (κ1) is 15.8. The Balaban J connectivity index is 1.75. The lowest BCUT2D eigenvalue weighted by molar-refractivity contribution is 0.182. The van der Waals surface area contributed by atoms with Crippen LogP contribution < -0.4 is 10.6 Å². The molecule has 2 amide bonds. The lowest BCUT2D eigenvalue weighted by atomic mass is 9.95. The molecule has 5 nitrogen and oxygen atoms in total. The van der Waals surface area contributed by atoms with Gasteiger partial charge >= 0.3 is 6.03 Å². The molecule has 1 fully saturated rings. The maximum atomic E-state index is 11.9. The molecule has 116 valence electrons. The van der Waals surface area contributed by atoms with Gasteiger partial charge in [0.05, 0.1) is 19.3 Å². The van der Waals surface area contributed by atoms with Gasteiger partial charge in [0, 0.05) is 24.9 Å². The normalized spacial score (nSPS) is 21.2. The summed E-state index contributed by atoms with van der Waals surface area (Å²) < 4.78 is 5.53. The third-order valence-electron chi connectivity index (χ3n) is 3.83. The van der Waals surface area contributed by atoms with E-state index in [0.29, 0.717) is 19.1 Å². The summed E-state index contributed by atoms with van der Waals surface area (Å²) in [6.45, 7) is 4.18. The first-order valence-corrected chi connectivity index (χ1v) is 7.80. The lowest BCUT2D eigenvalue weighted by Crippen LogP contribution is -2.46. The molecule has 1 aliphatic rings. The van der Waals surface area contributed by atoms with Gasteiger partial charge in [0.25, 0.3) is 0 Å². The third kappa shape index (κ3) is 5.34. The van der Waals surface area contributed by atoms with Crippen LogP contribution in [0.15, 0.2) is 24.5 Å². The molecule has 0 saturated carbocycles. The zero-order chi connectivity index (χ0) is 14.9. The monoisotopic (exact) mass is 291 g/mol. The molecule has 2 atom stereocenters. The topological polar surface area (TPSA) is 63.2 Å². The molecule has 5 heteroatoms. The molecule has 1 aromatic rings. The predicted molar refractivity (Wildman–Crippen MR) is 82.1 cm³/mol. The summed E-state index contributed by atoms with van der Waals surface area (Å²) in [6.07, 6.45) is 7.85. The zero-order valence-electron chi connectivity index (χ0n) is 12.7. The van der Waals surface area contributed by atoms with Crippen LogP contribution in [-0.4, -0.2) is 36.8 Å². The van der Waals surface area contributed by atoms with Crippen LogP contribution in [0.3, 0.4) is 0 Å². The molecule has 0 aliphatic carbocycles. The van der Waals surface area contributed by atoms with Gasteiger partial charge in [-0.1, -0.05) is 19.8 Å². The summed E-state index contributed by atoms with van der Waals surface area (Å²) in [5.74, 6) is 0.328. The molecular formula is C16H25N3O2. The van der Waals surface area contributed by atoms with E-state index in [0.717, 1.165) is 32.2 Å². The third-order valence-corrected chi connectivity index (χ3v) is 3.83. The molecule has 0 bridgehead atoms. The van der Waals surface area contributed by atoms with Crippen molar-refractivity contribution in [3.8, 4) is 0 Å². The molecule has 2 N–H and O–H groups in total. The van der Waals surface area contributed by atoms with Gasteiger partial charge in [0.1, 0.15) is 0 Å². The second-order valence-corrected chi connectivity index (χ2v) is 5.57. The van der Waals surface area contributed by atoms with Crippen molar-refractivity contribution >= 4 is 6.03 Å². The fourth-order valence-electron chi connectivity index (χ4n) is 2.58. The molecule has 2 rings (SSSR count). The second kappa shape index (κ2) is 8.62. The number of urea groups is 1. The molecule has 0 spiro atoms. The fraction of sp³-hybridized carbons (Fsp3) is 0.625. The van der Waals surface area contributed by atoms with Gasteiger partial charge in [-0.3, -0.25) is 4.98 Å². The smallest absolute Gasteiger partial charge is 0.315 e. The van der Waals surface area contributed by atoms with Crippen molar-refractivity contribution in [2.24, 2.45) is 5.92 Å². The van der Waals surface area contributed by atoms with Gasteiger partial charge in [-0.05, 0) is 30.5 Å². The fourth-order valence-corrected chi connectivity index (χ4v) is 2.58. The number of amides is 2. The number of unbranched alkanes of at least 4 members (excludes halogenated alkanes) is 2. The van der Waals surface area contributed by atoms with E-state index in [2.05, 4.69) is 22.5 Å². The van der Waals surface area contributed by atoms with Gasteiger partial charge in [-0.15, -0.1) is 0 Å². The van der Waals surface area contributed by atoms with Crippen molar-refractivity contribution < 1.29 is 9.53 Å². The highest BCUT2D eigenvalue weighted by Gasteiger charge is 2.29. The summed E-state index contributed by atoms with van der Waals surface area (Å²) in [5, 5.41) is 5.95. The van der Waals surface area contributed by atoms with Crippen molar-refractivity contribution in [1.82, 2.24) is 15.6 Å². The standard InChI is InChI=1S/C16H25N3O2/c1-2-3-4-7-18-16(20)19-15-12-21-11-14(15)10-13-5-8-17-9-6-13/h5-6,8-9,14-15H,2-4,7,10-12H2,1H3,(H2,18,19,20)/t14-,15+/m1/s1. The van der Waals surface area contributed by atoms with E-state index in [1.807, 2.05) is 12.1 Å². The minimum absolute atomic E-state index is 0.0821. The van der Waals surface area contributed by atoms with Crippen molar-refractivity contribution in [1.29, 1.82) is 0 Å². The Morgan fingerprint density at radius 2 is 2.14 bits per heavy atom. The van der Waals surface area contributed by atoms with Crippen LogP contribution in [0.4, 0.5) is 4.79 Å². The van der Waals surface area contributed by atoms with E-state index in [1.165, 1.54) is 5.56 Å². The van der Waals surface area contributed by atoms with Gasteiger partial charge in [-0.25, -0.2) is 4.79 Å². The number of aromatic nitrogens is 1. The van der Waals surface area contributed by atoms with Crippen LogP contribution in [-0.2, 0) is 11.2 Å². The average molecular weight is 291 g/mol. The van der Waals surface area contributed by atoms with Gasteiger partial charge < -0.3 is 15.4 Å². The maximum absolute atomic E-state index is 11.9. The number of hydrogen-bond donors (Lipinski definition) is 2. The number of rotatable bonds is 7.